The minimum absolute atomic E-state index is 0.0209. The molecule has 0 saturated heterocycles. The zero-order valence-electron chi connectivity index (χ0n) is 18.9. The first kappa shape index (κ1) is 23.4. The van der Waals surface area contributed by atoms with E-state index in [2.05, 4.69) is 35.5 Å². The Morgan fingerprint density at radius 2 is 1.71 bits per heavy atom. The molecular formula is C27H28N2O5. The first-order chi connectivity index (χ1) is 16.5. The second-order valence-electron chi connectivity index (χ2n) is 8.82. The molecule has 176 valence electrons. The second kappa shape index (κ2) is 10.4. The molecule has 2 aliphatic rings. The number of aliphatic carboxylic acids is 1. The fourth-order valence-corrected chi connectivity index (χ4v) is 5.12. The first-order valence-electron chi connectivity index (χ1n) is 11.5. The van der Waals surface area contributed by atoms with Crippen LogP contribution in [-0.2, 0) is 14.3 Å². The molecule has 1 fully saturated rings. The number of amides is 2. The maximum Gasteiger partial charge on any atom is 0.407 e. The summed E-state index contributed by atoms with van der Waals surface area (Å²) in [6, 6.07) is 16.1. The number of terminal acetylenes is 1. The van der Waals surface area contributed by atoms with Crippen LogP contribution in [0.2, 0.25) is 0 Å². The van der Waals surface area contributed by atoms with E-state index in [4.69, 9.17) is 16.3 Å². The highest BCUT2D eigenvalue weighted by Crippen LogP contribution is 2.44. The van der Waals surface area contributed by atoms with E-state index in [1.54, 1.807) is 0 Å². The Bertz CT molecular complexity index is 1080. The fourth-order valence-electron chi connectivity index (χ4n) is 5.12. The summed E-state index contributed by atoms with van der Waals surface area (Å²) in [6.07, 6.45) is 7.31. The average Bonchev–Trinajstić information content (AvgIpc) is 3.39. The molecule has 0 heterocycles. The summed E-state index contributed by atoms with van der Waals surface area (Å²) < 4.78 is 5.64. The molecule has 2 aromatic carbocycles. The van der Waals surface area contributed by atoms with Gasteiger partial charge in [-0.2, -0.15) is 0 Å². The summed E-state index contributed by atoms with van der Waals surface area (Å²) in [7, 11) is 0. The number of rotatable bonds is 8. The zero-order valence-corrected chi connectivity index (χ0v) is 18.9. The molecule has 2 amide bonds. The summed E-state index contributed by atoms with van der Waals surface area (Å²) in [4.78, 5) is 37.5. The Hall–Kier alpha value is -3.79. The number of carbonyl (C=O) groups is 3. The highest BCUT2D eigenvalue weighted by atomic mass is 16.5. The van der Waals surface area contributed by atoms with Crippen molar-refractivity contribution in [2.75, 3.05) is 19.7 Å². The van der Waals surface area contributed by atoms with Gasteiger partial charge in [-0.15, -0.1) is 6.42 Å². The van der Waals surface area contributed by atoms with Crippen LogP contribution >= 0.6 is 0 Å². The molecule has 0 aromatic heterocycles. The monoisotopic (exact) mass is 460 g/mol. The maximum atomic E-state index is 12.7. The largest absolute Gasteiger partial charge is 0.480 e. The summed E-state index contributed by atoms with van der Waals surface area (Å²) >= 11 is 0. The fraction of sp³-hybridized carbons (Fsp3) is 0.370. The standard InChI is InChI=1S/C27H28N2O5/c1-2-14-29(16-26(31)32)25(30)15-18-8-7-13-24(18)28-27(33)34-17-23-21-11-5-3-9-19(21)20-10-4-6-12-22(20)23/h1,3-6,9-12,18,23-24H,7-8,13-17H2,(H,28,33)(H,31,32). The lowest BCUT2D eigenvalue weighted by atomic mass is 9.98. The second-order valence-corrected chi connectivity index (χ2v) is 8.82. The molecule has 7 heteroatoms. The van der Waals surface area contributed by atoms with Crippen LogP contribution in [0.1, 0.15) is 42.7 Å². The van der Waals surface area contributed by atoms with Crippen LogP contribution in [0.15, 0.2) is 48.5 Å². The molecule has 2 unspecified atom stereocenters. The van der Waals surface area contributed by atoms with Crippen LogP contribution in [0.3, 0.4) is 0 Å². The molecule has 2 aliphatic carbocycles. The molecule has 2 N–H and O–H groups in total. The molecule has 34 heavy (non-hydrogen) atoms. The van der Waals surface area contributed by atoms with Gasteiger partial charge in [-0.25, -0.2) is 4.79 Å². The number of carbonyl (C=O) groups excluding carboxylic acids is 2. The lowest BCUT2D eigenvalue weighted by molar-refractivity contribution is -0.144. The highest BCUT2D eigenvalue weighted by Gasteiger charge is 2.33. The third kappa shape index (κ3) is 5.07. The van der Waals surface area contributed by atoms with Crippen molar-refractivity contribution in [2.45, 2.75) is 37.6 Å². The molecular weight excluding hydrogens is 432 g/mol. The molecule has 4 rings (SSSR count). The van der Waals surface area contributed by atoms with Crippen LogP contribution in [-0.4, -0.2) is 53.7 Å². The van der Waals surface area contributed by atoms with Gasteiger partial charge in [0.25, 0.3) is 0 Å². The van der Waals surface area contributed by atoms with E-state index < -0.39 is 18.6 Å². The van der Waals surface area contributed by atoms with Gasteiger partial charge in [-0.05, 0) is 41.0 Å². The van der Waals surface area contributed by atoms with Gasteiger partial charge in [0.15, 0.2) is 0 Å². The molecule has 2 atom stereocenters. The van der Waals surface area contributed by atoms with Crippen molar-refractivity contribution in [1.29, 1.82) is 0 Å². The number of benzene rings is 2. The van der Waals surface area contributed by atoms with Gasteiger partial charge >= 0.3 is 12.1 Å². The Balaban J connectivity index is 1.35. The molecule has 0 spiro atoms. The lowest BCUT2D eigenvalue weighted by Gasteiger charge is -2.24. The van der Waals surface area contributed by atoms with E-state index in [-0.39, 0.29) is 43.4 Å². The van der Waals surface area contributed by atoms with E-state index >= 15 is 0 Å². The van der Waals surface area contributed by atoms with Gasteiger partial charge in [0, 0.05) is 18.4 Å². The van der Waals surface area contributed by atoms with E-state index in [0.717, 1.165) is 35.3 Å². The maximum absolute atomic E-state index is 12.7. The summed E-state index contributed by atoms with van der Waals surface area (Å²) in [5.41, 5.74) is 4.62. The van der Waals surface area contributed by atoms with Crippen LogP contribution < -0.4 is 5.32 Å². The third-order valence-electron chi connectivity index (χ3n) is 6.70. The number of nitrogens with one attached hydrogen (secondary N) is 1. The van der Waals surface area contributed by atoms with E-state index in [0.29, 0.717) is 0 Å². The molecule has 7 nitrogen and oxygen atoms in total. The smallest absolute Gasteiger partial charge is 0.407 e. The summed E-state index contributed by atoms with van der Waals surface area (Å²) in [6.45, 7) is -0.257. The summed E-state index contributed by atoms with van der Waals surface area (Å²) in [5, 5.41) is 12.0. The van der Waals surface area contributed by atoms with Crippen molar-refractivity contribution in [3.8, 4) is 23.5 Å². The van der Waals surface area contributed by atoms with Gasteiger partial charge in [-0.3, -0.25) is 9.59 Å². The SMILES string of the molecule is C#CCN(CC(=O)O)C(=O)CC1CCCC1NC(=O)OCC1c2ccccc2-c2ccccc21. The third-order valence-corrected chi connectivity index (χ3v) is 6.70. The normalized spacial score (nSPS) is 18.4. The molecule has 1 saturated carbocycles. The average molecular weight is 461 g/mol. The quantitative estimate of drug-likeness (QED) is 0.587. The van der Waals surface area contributed by atoms with Crippen molar-refractivity contribution in [3.63, 3.8) is 0 Å². The molecule has 0 radical (unpaired) electrons. The molecule has 0 aliphatic heterocycles. The number of hydrogen-bond donors (Lipinski definition) is 2. The number of alkyl carbamates (subject to hydrolysis) is 1. The Labute approximate surface area is 199 Å². The van der Waals surface area contributed by atoms with Crippen molar-refractivity contribution >= 4 is 18.0 Å². The topological polar surface area (TPSA) is 95.9 Å². The van der Waals surface area contributed by atoms with E-state index in [9.17, 15) is 14.4 Å². The van der Waals surface area contributed by atoms with Crippen molar-refractivity contribution in [3.05, 3.63) is 59.7 Å². The van der Waals surface area contributed by atoms with Gasteiger partial charge in [0.2, 0.25) is 5.91 Å². The summed E-state index contributed by atoms with van der Waals surface area (Å²) in [5.74, 6) is 0.808. The number of fused-ring (bicyclic) bond motifs is 3. The molecule has 2 aromatic rings. The van der Waals surface area contributed by atoms with Crippen molar-refractivity contribution in [1.82, 2.24) is 10.2 Å². The number of carboxylic acid groups (broad SMARTS) is 1. The first-order valence-corrected chi connectivity index (χ1v) is 11.5. The van der Waals surface area contributed by atoms with Crippen LogP contribution in [0.4, 0.5) is 4.79 Å². The van der Waals surface area contributed by atoms with Crippen LogP contribution in [0.5, 0.6) is 0 Å². The van der Waals surface area contributed by atoms with Gasteiger partial charge in [0.05, 0.1) is 6.54 Å². The van der Waals surface area contributed by atoms with Gasteiger partial charge < -0.3 is 20.1 Å². The minimum atomic E-state index is -1.11. The Kier molecular flexibility index (Phi) is 7.17. The predicted molar refractivity (Wildman–Crippen MR) is 127 cm³/mol. The number of nitrogens with zero attached hydrogens (tertiary/aromatic N) is 1. The number of hydrogen-bond acceptors (Lipinski definition) is 4. The predicted octanol–water partition coefficient (Wildman–Crippen LogP) is 3.63. The molecule has 0 bridgehead atoms. The van der Waals surface area contributed by atoms with Crippen LogP contribution in [0, 0.1) is 18.3 Å². The van der Waals surface area contributed by atoms with E-state index in [1.807, 2.05) is 24.3 Å². The Morgan fingerprint density at radius 1 is 1.06 bits per heavy atom. The van der Waals surface area contributed by atoms with Crippen molar-refractivity contribution < 1.29 is 24.2 Å². The van der Waals surface area contributed by atoms with Gasteiger partial charge in [0.1, 0.15) is 13.2 Å². The minimum Gasteiger partial charge on any atom is -0.480 e. The Morgan fingerprint density at radius 3 is 2.32 bits per heavy atom. The highest BCUT2D eigenvalue weighted by molar-refractivity contribution is 5.82. The van der Waals surface area contributed by atoms with E-state index in [1.165, 1.54) is 11.1 Å². The van der Waals surface area contributed by atoms with Crippen LogP contribution in [0.25, 0.3) is 11.1 Å². The number of carboxylic acids is 1. The zero-order chi connectivity index (χ0) is 24.1. The van der Waals surface area contributed by atoms with Crippen molar-refractivity contribution in [2.24, 2.45) is 5.92 Å². The number of ether oxygens (including phenoxy) is 1. The van der Waals surface area contributed by atoms with Gasteiger partial charge in [-0.1, -0.05) is 60.9 Å². The lowest BCUT2D eigenvalue weighted by Crippen LogP contribution is -2.42.